The Hall–Kier alpha value is -1.28. The van der Waals surface area contributed by atoms with Crippen molar-refractivity contribution in [1.29, 1.82) is 0 Å². The highest BCUT2D eigenvalue weighted by Crippen LogP contribution is 2.18. The van der Waals surface area contributed by atoms with Gasteiger partial charge in [0.15, 0.2) is 5.16 Å². The fourth-order valence-electron chi connectivity index (χ4n) is 1.69. The molecule has 3 N–H and O–H groups in total. The number of esters is 1. The molecule has 1 aromatic heterocycles. The number of H-pyrrole nitrogens is 1. The maximum atomic E-state index is 11.6. The Bertz CT molecular complexity index is 495. The van der Waals surface area contributed by atoms with Crippen molar-refractivity contribution in [2.75, 3.05) is 12.4 Å². The van der Waals surface area contributed by atoms with Gasteiger partial charge in [0, 0.05) is 12.3 Å². The fraction of sp³-hybridized carbons (Fsp3) is 0.750. The molecule has 0 aliphatic heterocycles. The van der Waals surface area contributed by atoms with Gasteiger partial charge in [-0.1, -0.05) is 11.8 Å². The quantitative estimate of drug-likeness (QED) is 0.417. The molecule has 0 aliphatic rings. The third-order valence-electron chi connectivity index (χ3n) is 2.85. The van der Waals surface area contributed by atoms with Gasteiger partial charge in [0.25, 0.3) is 0 Å². The molecule has 0 saturated heterocycles. The van der Waals surface area contributed by atoms with E-state index in [9.17, 15) is 9.59 Å². The van der Waals surface area contributed by atoms with E-state index in [1.54, 1.807) is 18.4 Å². The number of thioether (sulfide) groups is 1. The van der Waals surface area contributed by atoms with Crippen LogP contribution in [0.3, 0.4) is 0 Å². The summed E-state index contributed by atoms with van der Waals surface area (Å²) < 4.78 is 6.50. The van der Waals surface area contributed by atoms with Gasteiger partial charge in [-0.3, -0.25) is 9.36 Å². The summed E-state index contributed by atoms with van der Waals surface area (Å²) >= 11 is 1.47. The van der Waals surface area contributed by atoms with E-state index >= 15 is 0 Å². The predicted molar refractivity (Wildman–Crippen MR) is 77.7 cm³/mol. The molecular formula is C12H22N4O3S. The Morgan fingerprint density at radius 3 is 2.85 bits per heavy atom. The minimum absolute atomic E-state index is 0.204. The highest BCUT2D eigenvalue weighted by molar-refractivity contribution is 7.99. The van der Waals surface area contributed by atoms with Crippen LogP contribution in [0.5, 0.6) is 0 Å². The molecule has 7 nitrogen and oxygen atoms in total. The number of aromatic amines is 1. The summed E-state index contributed by atoms with van der Waals surface area (Å²) in [6, 6.07) is 0. The van der Waals surface area contributed by atoms with Crippen LogP contribution in [0, 0.1) is 0 Å². The summed E-state index contributed by atoms with van der Waals surface area (Å²) in [5, 5.41) is 7.03. The van der Waals surface area contributed by atoms with Crippen LogP contribution >= 0.6 is 11.8 Å². The number of nitrogens with one attached hydrogen (secondary N) is 1. The van der Waals surface area contributed by atoms with Gasteiger partial charge in [-0.2, -0.15) is 0 Å². The van der Waals surface area contributed by atoms with Crippen LogP contribution in [-0.4, -0.2) is 38.6 Å². The van der Waals surface area contributed by atoms with Crippen molar-refractivity contribution in [3.05, 3.63) is 10.5 Å². The van der Waals surface area contributed by atoms with E-state index < -0.39 is 5.54 Å². The minimum Gasteiger partial charge on any atom is -0.465 e. The summed E-state index contributed by atoms with van der Waals surface area (Å²) in [6.45, 7) is 6.22. The van der Waals surface area contributed by atoms with E-state index in [-0.39, 0.29) is 11.7 Å². The van der Waals surface area contributed by atoms with Gasteiger partial charge in [0.05, 0.1) is 6.61 Å². The summed E-state index contributed by atoms with van der Waals surface area (Å²) in [7, 11) is 0. The first-order valence-electron chi connectivity index (χ1n) is 6.66. The SMILES string of the molecule is CCOC(=O)C(C)(N)CCCSc1n[nH]c(=O)n1CC. The van der Waals surface area contributed by atoms with Crippen LogP contribution in [0.2, 0.25) is 0 Å². The van der Waals surface area contributed by atoms with Crippen molar-refractivity contribution in [1.82, 2.24) is 14.8 Å². The first kappa shape index (κ1) is 16.8. The molecule has 0 amide bonds. The standard InChI is InChI=1S/C12H22N4O3S/c1-4-16-10(18)14-15-11(16)20-8-6-7-12(3,13)9(17)19-5-2/h4-8,13H2,1-3H3,(H,14,18). The fourth-order valence-corrected chi connectivity index (χ4v) is 2.64. The molecule has 8 heteroatoms. The maximum Gasteiger partial charge on any atom is 0.343 e. The molecule has 0 aliphatic carbocycles. The van der Waals surface area contributed by atoms with Crippen molar-refractivity contribution < 1.29 is 9.53 Å². The number of nitrogens with zero attached hydrogens (tertiary/aromatic N) is 2. The Balaban J connectivity index is 2.41. The van der Waals surface area contributed by atoms with E-state index in [1.165, 1.54) is 11.8 Å². The molecule has 1 heterocycles. The molecule has 0 bridgehead atoms. The van der Waals surface area contributed by atoms with Gasteiger partial charge in [-0.25, -0.2) is 9.89 Å². The molecule has 1 atom stereocenters. The number of ether oxygens (including phenoxy) is 1. The Morgan fingerprint density at radius 2 is 2.25 bits per heavy atom. The van der Waals surface area contributed by atoms with Gasteiger partial charge >= 0.3 is 11.7 Å². The summed E-state index contributed by atoms with van der Waals surface area (Å²) in [4.78, 5) is 23.0. The van der Waals surface area contributed by atoms with Crippen LogP contribution in [0.4, 0.5) is 0 Å². The number of hydrogen-bond donors (Lipinski definition) is 2. The molecule has 114 valence electrons. The number of carbonyl (C=O) groups is 1. The van der Waals surface area contributed by atoms with E-state index in [0.717, 1.165) is 12.2 Å². The van der Waals surface area contributed by atoms with Gasteiger partial charge in [0.2, 0.25) is 0 Å². The van der Waals surface area contributed by atoms with E-state index in [1.807, 2.05) is 6.92 Å². The smallest absolute Gasteiger partial charge is 0.343 e. The monoisotopic (exact) mass is 302 g/mol. The Morgan fingerprint density at radius 1 is 1.55 bits per heavy atom. The van der Waals surface area contributed by atoms with Crippen molar-refractivity contribution in [3.8, 4) is 0 Å². The summed E-state index contributed by atoms with van der Waals surface area (Å²) in [6.07, 6.45) is 1.26. The van der Waals surface area contributed by atoms with Crippen LogP contribution < -0.4 is 11.4 Å². The van der Waals surface area contributed by atoms with Crippen LogP contribution in [-0.2, 0) is 16.1 Å². The zero-order chi connectivity index (χ0) is 15.2. The Labute approximate surface area is 122 Å². The second-order valence-electron chi connectivity index (χ2n) is 4.65. The lowest BCUT2D eigenvalue weighted by molar-refractivity contribution is -0.149. The first-order valence-corrected chi connectivity index (χ1v) is 7.65. The third kappa shape index (κ3) is 4.38. The number of nitrogens with two attached hydrogens (primary N) is 1. The molecule has 0 spiro atoms. The lowest BCUT2D eigenvalue weighted by atomic mass is 9.98. The average Bonchev–Trinajstić information content (AvgIpc) is 2.75. The van der Waals surface area contributed by atoms with E-state index in [2.05, 4.69) is 10.2 Å². The minimum atomic E-state index is -0.966. The van der Waals surface area contributed by atoms with Crippen molar-refractivity contribution in [2.24, 2.45) is 5.73 Å². The van der Waals surface area contributed by atoms with Crippen LogP contribution in [0.25, 0.3) is 0 Å². The summed E-state index contributed by atoms with van der Waals surface area (Å²) in [5.41, 5.74) is 4.76. The molecule has 1 unspecified atom stereocenters. The number of rotatable bonds is 8. The topological polar surface area (TPSA) is 103 Å². The lowest BCUT2D eigenvalue weighted by Gasteiger charge is -2.21. The molecule has 0 aromatic carbocycles. The van der Waals surface area contributed by atoms with Crippen molar-refractivity contribution >= 4 is 17.7 Å². The summed E-state index contributed by atoms with van der Waals surface area (Å²) in [5.74, 6) is 0.353. The second-order valence-corrected chi connectivity index (χ2v) is 5.71. The van der Waals surface area contributed by atoms with Gasteiger partial charge < -0.3 is 10.5 Å². The predicted octanol–water partition coefficient (Wildman–Crippen LogP) is 0.744. The Kier molecular flexibility index (Phi) is 6.28. The van der Waals surface area contributed by atoms with Gasteiger partial charge in [-0.15, -0.1) is 5.10 Å². The van der Waals surface area contributed by atoms with Gasteiger partial charge in [0.1, 0.15) is 5.54 Å². The first-order chi connectivity index (χ1) is 9.42. The number of aromatic nitrogens is 3. The average molecular weight is 302 g/mol. The largest absolute Gasteiger partial charge is 0.465 e. The molecule has 0 radical (unpaired) electrons. The zero-order valence-corrected chi connectivity index (χ0v) is 13.0. The van der Waals surface area contributed by atoms with Crippen molar-refractivity contribution in [3.63, 3.8) is 0 Å². The molecule has 1 aromatic rings. The van der Waals surface area contributed by atoms with E-state index in [4.69, 9.17) is 10.5 Å². The lowest BCUT2D eigenvalue weighted by Crippen LogP contribution is -2.46. The maximum absolute atomic E-state index is 11.6. The van der Waals surface area contributed by atoms with Crippen LogP contribution in [0.1, 0.15) is 33.6 Å². The number of hydrogen-bond acceptors (Lipinski definition) is 6. The van der Waals surface area contributed by atoms with E-state index in [0.29, 0.717) is 24.7 Å². The van der Waals surface area contributed by atoms with Crippen LogP contribution in [0.15, 0.2) is 9.95 Å². The molecule has 0 fully saturated rings. The molecule has 20 heavy (non-hydrogen) atoms. The molecule has 0 saturated carbocycles. The molecular weight excluding hydrogens is 280 g/mol. The normalized spacial score (nSPS) is 14.0. The molecule has 1 rings (SSSR count). The third-order valence-corrected chi connectivity index (χ3v) is 3.92. The highest BCUT2D eigenvalue weighted by atomic mass is 32.2. The van der Waals surface area contributed by atoms with Gasteiger partial charge in [-0.05, 0) is 33.6 Å². The van der Waals surface area contributed by atoms with Crippen molar-refractivity contribution in [2.45, 2.75) is 50.9 Å². The zero-order valence-electron chi connectivity index (χ0n) is 12.1. The second kappa shape index (κ2) is 7.49. The number of carbonyl (C=O) groups excluding carboxylic acids is 1. The highest BCUT2D eigenvalue weighted by Gasteiger charge is 2.29.